The fraction of sp³-hybridized carbons (Fsp3) is 0.600. The Bertz CT molecular complexity index is 162. The molecule has 0 heterocycles. The second kappa shape index (κ2) is 4.51. The lowest BCUT2D eigenvalue weighted by Crippen LogP contribution is -2.11. The SMILES string of the molecule is C=COC(CC)OP(=O)(O)O. The lowest BCUT2D eigenvalue weighted by Gasteiger charge is -2.14. The van der Waals surface area contributed by atoms with Crippen molar-refractivity contribution < 1.29 is 23.6 Å². The zero-order chi connectivity index (χ0) is 8.91. The van der Waals surface area contributed by atoms with Gasteiger partial charge in [0.1, 0.15) is 0 Å². The average Bonchev–Trinajstić information content (AvgIpc) is 1.84. The van der Waals surface area contributed by atoms with Crippen LogP contribution in [0.3, 0.4) is 0 Å². The van der Waals surface area contributed by atoms with E-state index in [9.17, 15) is 4.57 Å². The first-order valence-corrected chi connectivity index (χ1v) is 4.53. The van der Waals surface area contributed by atoms with Gasteiger partial charge in [0.2, 0.25) is 6.29 Å². The van der Waals surface area contributed by atoms with E-state index in [0.29, 0.717) is 6.42 Å². The second-order valence-electron chi connectivity index (χ2n) is 1.74. The zero-order valence-corrected chi connectivity index (χ0v) is 7.03. The first-order valence-electron chi connectivity index (χ1n) is 3.00. The minimum Gasteiger partial charge on any atom is -0.473 e. The van der Waals surface area contributed by atoms with Crippen molar-refractivity contribution in [3.63, 3.8) is 0 Å². The first-order chi connectivity index (χ1) is 4.99. The van der Waals surface area contributed by atoms with Gasteiger partial charge >= 0.3 is 7.82 Å². The summed E-state index contributed by atoms with van der Waals surface area (Å²) in [6.07, 6.45) is 0.495. The molecule has 66 valence electrons. The summed E-state index contributed by atoms with van der Waals surface area (Å²) in [7, 11) is -4.44. The molecule has 0 aliphatic rings. The predicted octanol–water partition coefficient (Wildman–Crippen LogP) is 0.992. The highest BCUT2D eigenvalue weighted by atomic mass is 31.2. The molecule has 11 heavy (non-hydrogen) atoms. The summed E-state index contributed by atoms with van der Waals surface area (Å²) in [5.74, 6) is 0. The van der Waals surface area contributed by atoms with Crippen LogP contribution in [-0.4, -0.2) is 16.1 Å². The number of phosphoric acid groups is 1. The summed E-state index contributed by atoms with van der Waals surface area (Å²) in [4.78, 5) is 16.6. The lowest BCUT2D eigenvalue weighted by atomic mass is 10.5. The Morgan fingerprint density at radius 2 is 2.27 bits per heavy atom. The van der Waals surface area contributed by atoms with Gasteiger partial charge in [-0.25, -0.2) is 9.09 Å². The molecule has 0 aromatic heterocycles. The molecule has 0 spiro atoms. The van der Waals surface area contributed by atoms with Gasteiger partial charge in [0, 0.05) is 6.42 Å². The number of rotatable bonds is 5. The molecule has 0 rings (SSSR count). The van der Waals surface area contributed by atoms with Gasteiger partial charge < -0.3 is 14.5 Å². The molecule has 0 saturated heterocycles. The van der Waals surface area contributed by atoms with Crippen LogP contribution >= 0.6 is 7.82 Å². The molecule has 0 amide bonds. The van der Waals surface area contributed by atoms with Gasteiger partial charge in [-0.15, -0.1) is 0 Å². The Morgan fingerprint density at radius 1 is 1.73 bits per heavy atom. The Labute approximate surface area is 64.9 Å². The molecule has 0 aromatic rings. The van der Waals surface area contributed by atoms with Crippen molar-refractivity contribution in [1.82, 2.24) is 0 Å². The molecule has 0 bridgehead atoms. The molecule has 0 aliphatic carbocycles. The molecule has 1 unspecified atom stereocenters. The van der Waals surface area contributed by atoms with Crippen LogP contribution in [0.2, 0.25) is 0 Å². The highest BCUT2D eigenvalue weighted by Gasteiger charge is 2.20. The van der Waals surface area contributed by atoms with E-state index >= 15 is 0 Å². The maximum atomic E-state index is 10.2. The number of phosphoric ester groups is 1. The van der Waals surface area contributed by atoms with Crippen LogP contribution in [0.4, 0.5) is 0 Å². The molecule has 0 aliphatic heterocycles. The minimum atomic E-state index is -4.44. The van der Waals surface area contributed by atoms with E-state index < -0.39 is 14.1 Å². The summed E-state index contributed by atoms with van der Waals surface area (Å²) in [5, 5.41) is 0. The van der Waals surface area contributed by atoms with Crippen molar-refractivity contribution in [1.29, 1.82) is 0 Å². The van der Waals surface area contributed by atoms with Gasteiger partial charge in [-0.2, -0.15) is 0 Å². The van der Waals surface area contributed by atoms with Crippen molar-refractivity contribution in [3.05, 3.63) is 12.8 Å². The van der Waals surface area contributed by atoms with E-state index in [0.717, 1.165) is 6.26 Å². The van der Waals surface area contributed by atoms with Gasteiger partial charge in [0.25, 0.3) is 0 Å². The molecule has 0 radical (unpaired) electrons. The average molecular weight is 182 g/mol. The van der Waals surface area contributed by atoms with Crippen LogP contribution in [-0.2, 0) is 13.8 Å². The first kappa shape index (κ1) is 10.7. The number of hydrogen-bond donors (Lipinski definition) is 2. The summed E-state index contributed by atoms with van der Waals surface area (Å²) >= 11 is 0. The molecular weight excluding hydrogens is 171 g/mol. The normalized spacial score (nSPS) is 14.1. The van der Waals surface area contributed by atoms with E-state index in [2.05, 4.69) is 15.8 Å². The van der Waals surface area contributed by atoms with Crippen molar-refractivity contribution in [2.45, 2.75) is 19.6 Å². The maximum Gasteiger partial charge on any atom is 0.472 e. The van der Waals surface area contributed by atoms with Gasteiger partial charge in [-0.05, 0) is 0 Å². The third-order valence-corrected chi connectivity index (χ3v) is 1.35. The molecule has 0 aromatic carbocycles. The highest BCUT2D eigenvalue weighted by molar-refractivity contribution is 7.46. The molecule has 1 atom stereocenters. The van der Waals surface area contributed by atoms with E-state index in [1.54, 1.807) is 6.92 Å². The summed E-state index contributed by atoms with van der Waals surface area (Å²) in [6.45, 7) is 4.89. The Hall–Kier alpha value is -0.350. The smallest absolute Gasteiger partial charge is 0.472 e. The van der Waals surface area contributed by atoms with E-state index in [4.69, 9.17) is 9.79 Å². The fourth-order valence-electron chi connectivity index (χ4n) is 0.456. The summed E-state index contributed by atoms with van der Waals surface area (Å²) in [6, 6.07) is 0. The van der Waals surface area contributed by atoms with E-state index in [1.807, 2.05) is 0 Å². The van der Waals surface area contributed by atoms with Crippen LogP contribution < -0.4 is 0 Å². The van der Waals surface area contributed by atoms with Crippen LogP contribution in [0.1, 0.15) is 13.3 Å². The van der Waals surface area contributed by atoms with Gasteiger partial charge in [0.15, 0.2) is 0 Å². The van der Waals surface area contributed by atoms with Crippen LogP contribution in [0.25, 0.3) is 0 Å². The topological polar surface area (TPSA) is 76.0 Å². The van der Waals surface area contributed by atoms with Gasteiger partial charge in [0.05, 0.1) is 6.26 Å². The van der Waals surface area contributed by atoms with Crippen LogP contribution in [0, 0.1) is 0 Å². The largest absolute Gasteiger partial charge is 0.473 e. The molecule has 0 fully saturated rings. The third-order valence-electron chi connectivity index (χ3n) is 0.836. The Kier molecular flexibility index (Phi) is 4.37. The highest BCUT2D eigenvalue weighted by Crippen LogP contribution is 2.38. The Morgan fingerprint density at radius 3 is 2.55 bits per heavy atom. The molecule has 2 N–H and O–H groups in total. The summed E-state index contributed by atoms with van der Waals surface area (Å²) in [5.41, 5.74) is 0. The minimum absolute atomic E-state index is 0.344. The number of ether oxygens (including phenoxy) is 1. The summed E-state index contributed by atoms with van der Waals surface area (Å²) < 4.78 is 19.1. The monoisotopic (exact) mass is 182 g/mol. The van der Waals surface area contributed by atoms with E-state index in [1.165, 1.54) is 0 Å². The van der Waals surface area contributed by atoms with Gasteiger partial charge in [-0.3, -0.25) is 0 Å². The van der Waals surface area contributed by atoms with Crippen molar-refractivity contribution >= 4 is 7.82 Å². The molecular formula is C5H11O5P. The van der Waals surface area contributed by atoms with Crippen molar-refractivity contribution in [2.24, 2.45) is 0 Å². The van der Waals surface area contributed by atoms with Gasteiger partial charge in [-0.1, -0.05) is 13.5 Å². The maximum absolute atomic E-state index is 10.2. The number of hydrogen-bond acceptors (Lipinski definition) is 3. The molecule has 5 nitrogen and oxygen atoms in total. The quantitative estimate of drug-likeness (QED) is 0.376. The fourth-order valence-corrected chi connectivity index (χ4v) is 0.961. The van der Waals surface area contributed by atoms with Crippen molar-refractivity contribution in [3.8, 4) is 0 Å². The zero-order valence-electron chi connectivity index (χ0n) is 6.14. The second-order valence-corrected chi connectivity index (χ2v) is 2.93. The standard InChI is InChI=1S/C5H11O5P/c1-3-5(9-4-2)10-11(6,7)8/h4-5H,2-3H2,1H3,(H2,6,7,8). The Balaban J connectivity index is 3.87. The predicted molar refractivity (Wildman–Crippen MR) is 38.5 cm³/mol. The molecule has 0 saturated carbocycles. The third kappa shape index (κ3) is 6.06. The van der Waals surface area contributed by atoms with Crippen molar-refractivity contribution in [2.75, 3.05) is 0 Å². The van der Waals surface area contributed by atoms with E-state index in [-0.39, 0.29) is 0 Å². The van der Waals surface area contributed by atoms with Crippen LogP contribution in [0.15, 0.2) is 12.8 Å². The lowest BCUT2D eigenvalue weighted by molar-refractivity contribution is -0.0479. The molecule has 6 heteroatoms. The van der Waals surface area contributed by atoms with Crippen LogP contribution in [0.5, 0.6) is 0 Å².